The summed E-state index contributed by atoms with van der Waals surface area (Å²) >= 11 is 0. The molecular weight excluding hydrogens is 348 g/mol. The summed E-state index contributed by atoms with van der Waals surface area (Å²) in [6.07, 6.45) is 7.68. The molecule has 2 aliphatic rings. The van der Waals surface area contributed by atoms with E-state index in [1.165, 1.54) is 22.3 Å². The number of aryl methyl sites for hydroxylation is 1. The number of aliphatic hydroxyl groups is 1. The van der Waals surface area contributed by atoms with Gasteiger partial charge in [0, 0.05) is 35.9 Å². The van der Waals surface area contributed by atoms with Gasteiger partial charge in [-0.2, -0.15) is 0 Å². The fourth-order valence-electron chi connectivity index (χ4n) is 4.61. The molecular formula is C23H26N4O. The van der Waals surface area contributed by atoms with Gasteiger partial charge in [0.1, 0.15) is 0 Å². The van der Waals surface area contributed by atoms with Crippen LogP contribution in [0.2, 0.25) is 0 Å². The van der Waals surface area contributed by atoms with E-state index in [0.29, 0.717) is 6.04 Å². The van der Waals surface area contributed by atoms with Crippen LogP contribution in [0.4, 0.5) is 11.4 Å². The van der Waals surface area contributed by atoms with Crippen LogP contribution in [0.3, 0.4) is 0 Å². The number of pyridine rings is 2. The summed E-state index contributed by atoms with van der Waals surface area (Å²) in [5.41, 5.74) is 6.83. The maximum atomic E-state index is 9.93. The lowest BCUT2D eigenvalue weighted by Gasteiger charge is -2.35. The van der Waals surface area contributed by atoms with Gasteiger partial charge >= 0.3 is 0 Å². The van der Waals surface area contributed by atoms with Crippen LogP contribution in [0, 0.1) is 6.92 Å². The number of rotatable bonds is 2. The number of fused-ring (bicyclic) bond motifs is 3. The Morgan fingerprint density at radius 1 is 0.964 bits per heavy atom. The molecule has 3 heterocycles. The van der Waals surface area contributed by atoms with Gasteiger partial charge in [-0.25, -0.2) is 0 Å². The molecule has 1 fully saturated rings. The van der Waals surface area contributed by atoms with Crippen molar-refractivity contribution in [1.29, 1.82) is 0 Å². The molecule has 1 aliphatic carbocycles. The second-order valence-electron chi connectivity index (χ2n) is 8.18. The molecule has 5 nitrogen and oxygen atoms in total. The summed E-state index contributed by atoms with van der Waals surface area (Å²) in [6, 6.07) is 11.2. The van der Waals surface area contributed by atoms with E-state index in [0.717, 1.165) is 49.1 Å². The van der Waals surface area contributed by atoms with Crippen molar-refractivity contribution in [3.05, 3.63) is 48.4 Å². The van der Waals surface area contributed by atoms with Crippen LogP contribution in [0.5, 0.6) is 0 Å². The standard InChI is InChI=1S/C23H26N4O/c1-15-3-4-17(12-24-15)16-5-10-21-20(11-16)23-22(13-25-21)26(2)14-27(23)18-6-8-19(28)9-7-18/h3-5,10-13,18-19,28H,6-9,14H2,1-2H3. The summed E-state index contributed by atoms with van der Waals surface area (Å²) in [6.45, 7) is 2.89. The van der Waals surface area contributed by atoms with Crippen molar-refractivity contribution in [3.8, 4) is 11.1 Å². The van der Waals surface area contributed by atoms with Crippen molar-refractivity contribution in [2.75, 3.05) is 23.5 Å². The van der Waals surface area contributed by atoms with E-state index >= 15 is 0 Å². The molecule has 1 aliphatic heterocycles. The Kier molecular flexibility index (Phi) is 4.20. The minimum atomic E-state index is -0.133. The lowest BCUT2D eigenvalue weighted by molar-refractivity contribution is 0.122. The Balaban J connectivity index is 1.61. The summed E-state index contributed by atoms with van der Waals surface area (Å²) < 4.78 is 0. The van der Waals surface area contributed by atoms with Crippen LogP contribution in [0.15, 0.2) is 42.7 Å². The first-order chi connectivity index (χ1) is 13.6. The molecule has 0 unspecified atom stereocenters. The number of hydrogen-bond acceptors (Lipinski definition) is 5. The van der Waals surface area contributed by atoms with Crippen molar-refractivity contribution in [2.24, 2.45) is 0 Å². The van der Waals surface area contributed by atoms with Crippen molar-refractivity contribution in [3.63, 3.8) is 0 Å². The van der Waals surface area contributed by atoms with Crippen molar-refractivity contribution in [2.45, 2.75) is 44.8 Å². The Bertz CT molecular complexity index is 1010. The van der Waals surface area contributed by atoms with Gasteiger partial charge in [-0.15, -0.1) is 0 Å². The number of nitrogens with zero attached hydrogens (tertiary/aromatic N) is 4. The molecule has 2 aromatic heterocycles. The highest BCUT2D eigenvalue weighted by Gasteiger charge is 2.33. The minimum absolute atomic E-state index is 0.133. The molecule has 0 amide bonds. The van der Waals surface area contributed by atoms with E-state index in [9.17, 15) is 5.11 Å². The van der Waals surface area contributed by atoms with E-state index in [-0.39, 0.29) is 6.10 Å². The second kappa shape index (κ2) is 6.74. The van der Waals surface area contributed by atoms with Crippen molar-refractivity contribution >= 4 is 22.3 Å². The van der Waals surface area contributed by atoms with Gasteiger partial charge in [-0.3, -0.25) is 9.97 Å². The first-order valence-electron chi connectivity index (χ1n) is 10.1. The molecule has 144 valence electrons. The van der Waals surface area contributed by atoms with Crippen LogP contribution in [-0.4, -0.2) is 40.9 Å². The molecule has 28 heavy (non-hydrogen) atoms. The fraction of sp³-hybridized carbons (Fsp3) is 0.391. The third-order valence-corrected chi connectivity index (χ3v) is 6.23. The molecule has 1 N–H and O–H groups in total. The number of anilines is 2. The topological polar surface area (TPSA) is 52.5 Å². The number of benzene rings is 1. The normalized spacial score (nSPS) is 22.0. The Labute approximate surface area is 165 Å². The van der Waals surface area contributed by atoms with Gasteiger partial charge in [0.2, 0.25) is 0 Å². The molecule has 1 aromatic carbocycles. The van der Waals surface area contributed by atoms with Crippen LogP contribution in [0.1, 0.15) is 31.4 Å². The van der Waals surface area contributed by atoms with Gasteiger partial charge in [0.15, 0.2) is 0 Å². The third kappa shape index (κ3) is 2.90. The van der Waals surface area contributed by atoms with Gasteiger partial charge in [-0.05, 0) is 56.4 Å². The van der Waals surface area contributed by atoms with Gasteiger partial charge in [0.05, 0.1) is 35.9 Å². The lowest BCUT2D eigenvalue weighted by atomic mass is 9.91. The van der Waals surface area contributed by atoms with E-state index in [2.05, 4.69) is 52.2 Å². The summed E-state index contributed by atoms with van der Waals surface area (Å²) in [5.74, 6) is 0. The van der Waals surface area contributed by atoms with Gasteiger partial charge in [-0.1, -0.05) is 12.1 Å². The highest BCUT2D eigenvalue weighted by molar-refractivity contribution is 6.02. The molecule has 5 heteroatoms. The third-order valence-electron chi connectivity index (χ3n) is 6.23. The Hall–Kier alpha value is -2.66. The van der Waals surface area contributed by atoms with Crippen LogP contribution in [0.25, 0.3) is 22.0 Å². The molecule has 5 rings (SSSR count). The Morgan fingerprint density at radius 3 is 2.50 bits per heavy atom. The maximum Gasteiger partial charge on any atom is 0.0904 e. The number of aromatic nitrogens is 2. The molecule has 0 radical (unpaired) electrons. The quantitative estimate of drug-likeness (QED) is 0.731. The summed E-state index contributed by atoms with van der Waals surface area (Å²) in [5, 5.41) is 11.1. The van der Waals surface area contributed by atoms with Gasteiger partial charge in [0.25, 0.3) is 0 Å². The predicted octanol–water partition coefficient (Wildman–Crippen LogP) is 4.12. The predicted molar refractivity (Wildman–Crippen MR) is 114 cm³/mol. The average molecular weight is 374 g/mol. The average Bonchev–Trinajstić information content (AvgIpc) is 3.06. The van der Waals surface area contributed by atoms with Crippen LogP contribution in [-0.2, 0) is 0 Å². The van der Waals surface area contributed by atoms with E-state index in [1.807, 2.05) is 19.3 Å². The molecule has 3 aromatic rings. The zero-order valence-corrected chi connectivity index (χ0v) is 16.5. The monoisotopic (exact) mass is 374 g/mol. The highest BCUT2D eigenvalue weighted by Crippen LogP contribution is 2.44. The number of aliphatic hydroxyl groups excluding tert-OH is 1. The van der Waals surface area contributed by atoms with Crippen molar-refractivity contribution in [1.82, 2.24) is 9.97 Å². The van der Waals surface area contributed by atoms with E-state index in [4.69, 9.17) is 4.98 Å². The van der Waals surface area contributed by atoms with E-state index in [1.54, 1.807) is 0 Å². The summed E-state index contributed by atoms with van der Waals surface area (Å²) in [7, 11) is 2.14. The fourth-order valence-corrected chi connectivity index (χ4v) is 4.61. The molecule has 0 spiro atoms. The zero-order valence-electron chi connectivity index (χ0n) is 16.5. The zero-order chi connectivity index (χ0) is 19.3. The maximum absolute atomic E-state index is 9.93. The van der Waals surface area contributed by atoms with Crippen molar-refractivity contribution < 1.29 is 5.11 Å². The smallest absolute Gasteiger partial charge is 0.0904 e. The second-order valence-corrected chi connectivity index (χ2v) is 8.18. The molecule has 1 saturated carbocycles. The van der Waals surface area contributed by atoms with Crippen LogP contribution >= 0.6 is 0 Å². The van der Waals surface area contributed by atoms with E-state index < -0.39 is 0 Å². The highest BCUT2D eigenvalue weighted by atomic mass is 16.3. The lowest BCUT2D eigenvalue weighted by Crippen LogP contribution is -2.40. The molecule has 0 bridgehead atoms. The first-order valence-corrected chi connectivity index (χ1v) is 10.1. The Morgan fingerprint density at radius 2 is 1.75 bits per heavy atom. The minimum Gasteiger partial charge on any atom is -0.393 e. The molecule has 0 saturated heterocycles. The summed E-state index contributed by atoms with van der Waals surface area (Å²) in [4.78, 5) is 14.0. The first kappa shape index (κ1) is 17.4. The molecule has 0 atom stereocenters. The van der Waals surface area contributed by atoms with Gasteiger partial charge < -0.3 is 14.9 Å². The number of hydrogen-bond donors (Lipinski definition) is 1. The van der Waals surface area contributed by atoms with Crippen LogP contribution < -0.4 is 9.80 Å². The SMILES string of the molecule is Cc1ccc(-c2ccc3ncc4c(c3c2)N(C2CCC(O)CC2)CN4C)cn1. The largest absolute Gasteiger partial charge is 0.393 e.